The van der Waals surface area contributed by atoms with Crippen LogP contribution in [-0.4, -0.2) is 108 Å². The maximum absolute atomic E-state index is 15.0. The van der Waals surface area contributed by atoms with Crippen molar-refractivity contribution >= 4 is 44.6 Å². The number of ether oxygens (including phenoxy) is 3. The molecule has 5 aliphatic rings. The molecule has 17 heteroatoms. The van der Waals surface area contributed by atoms with Crippen LogP contribution in [0.1, 0.15) is 104 Å². The largest absolute Gasteiger partial charge is 0.497 e. The molecule has 2 N–H and O–H groups in total. The number of fused-ring (bicyclic) bond motifs is 5. The molecule has 0 radical (unpaired) electrons. The van der Waals surface area contributed by atoms with Crippen LogP contribution in [0.2, 0.25) is 0 Å². The predicted molar refractivity (Wildman–Crippen MR) is 213 cm³/mol. The van der Waals surface area contributed by atoms with Gasteiger partial charge in [0.2, 0.25) is 24.1 Å². The lowest BCUT2D eigenvalue weighted by Crippen LogP contribution is -2.60. The number of amides is 3. The number of rotatable bonds is 9. The lowest BCUT2D eigenvalue weighted by Gasteiger charge is -2.36. The number of methoxy groups -OCH3 is 1. The van der Waals surface area contributed by atoms with Crippen LogP contribution in [0, 0.1) is 23.2 Å². The summed E-state index contributed by atoms with van der Waals surface area (Å²) in [5.74, 6) is -4.87. The summed E-state index contributed by atoms with van der Waals surface area (Å²) in [6.07, 6.45) is 2.19. The third-order valence-electron chi connectivity index (χ3n) is 13.0. The van der Waals surface area contributed by atoms with Crippen LogP contribution in [0.4, 0.5) is 13.6 Å². The number of carbonyl (C=O) groups is 4. The summed E-state index contributed by atoms with van der Waals surface area (Å²) in [5.41, 5.74) is -1.27. The summed E-state index contributed by atoms with van der Waals surface area (Å²) in [5, 5.41) is 4.68. The molecular formula is C42H57F2N5O9S. The minimum atomic E-state index is -3.90. The van der Waals surface area contributed by atoms with Gasteiger partial charge in [0, 0.05) is 12.0 Å². The van der Waals surface area contributed by atoms with E-state index in [-0.39, 0.29) is 30.9 Å². The van der Waals surface area contributed by atoms with Gasteiger partial charge in [-0.15, -0.1) is 0 Å². The first-order chi connectivity index (χ1) is 27.9. The van der Waals surface area contributed by atoms with Gasteiger partial charge in [-0.2, -0.15) is 0 Å². The zero-order valence-corrected chi connectivity index (χ0v) is 35.3. The first-order valence-corrected chi connectivity index (χ1v) is 22.8. The second kappa shape index (κ2) is 16.7. The van der Waals surface area contributed by atoms with E-state index in [1.54, 1.807) is 46.9 Å². The monoisotopic (exact) mass is 845 g/mol. The molecule has 3 amide bonds. The van der Waals surface area contributed by atoms with Gasteiger partial charge in [0.25, 0.3) is 0 Å². The van der Waals surface area contributed by atoms with E-state index in [1.165, 1.54) is 4.90 Å². The highest BCUT2D eigenvalue weighted by molar-refractivity contribution is 7.93. The fourth-order valence-corrected chi connectivity index (χ4v) is 11.1. The van der Waals surface area contributed by atoms with Crippen molar-refractivity contribution < 1.29 is 50.6 Å². The number of aryl methyl sites for hydroxylation is 1. The Morgan fingerprint density at radius 3 is 2.42 bits per heavy atom. The first kappa shape index (κ1) is 43.0. The van der Waals surface area contributed by atoms with Crippen molar-refractivity contribution in [1.82, 2.24) is 25.5 Å². The number of halogens is 2. The summed E-state index contributed by atoms with van der Waals surface area (Å²) in [6, 6.07) is 2.79. The van der Waals surface area contributed by atoms with Gasteiger partial charge in [0.05, 0.1) is 35.9 Å². The fraction of sp³-hybridized carbons (Fsp3) is 0.714. The number of nitrogens with zero attached hydrogens (tertiary/aromatic N) is 3. The summed E-state index contributed by atoms with van der Waals surface area (Å²) in [6.45, 7) is 6.96. The Balaban J connectivity index is 1.28. The van der Waals surface area contributed by atoms with Crippen LogP contribution >= 0.6 is 0 Å². The number of carbonyl (C=O) groups excluding carboxylic acids is 4. The van der Waals surface area contributed by atoms with Crippen LogP contribution in [0.15, 0.2) is 18.2 Å². The van der Waals surface area contributed by atoms with Crippen molar-refractivity contribution in [3.63, 3.8) is 0 Å². The molecule has 1 saturated heterocycles. The fourth-order valence-electron chi connectivity index (χ4n) is 9.38. The molecule has 1 aromatic carbocycles. The normalized spacial score (nSPS) is 30.6. The highest BCUT2D eigenvalue weighted by Crippen LogP contribution is 2.49. The number of alkyl carbamates (subject to hydrolysis) is 1. The number of benzene rings is 1. The average molecular weight is 846 g/mol. The zero-order valence-electron chi connectivity index (χ0n) is 34.5. The summed E-state index contributed by atoms with van der Waals surface area (Å²) in [4.78, 5) is 68.1. The number of aromatic nitrogens is 2. The molecule has 324 valence electrons. The van der Waals surface area contributed by atoms with Crippen molar-refractivity contribution in [2.24, 2.45) is 23.2 Å². The SMILES string of the molecule is CC[C@@H]1[C@@H]2CN(C(=O)[C@H](C(C)(C)C)NC(=O)O[C@@H]3CCC[C@H]3CCCCCc3nc4ccc(OC)cc4nc3O2)[C@@H]1C(=O)N[C@]1(C(=O)CS(=O)(=O)C2CC2)C[C@H]1C(F)F. The third-order valence-corrected chi connectivity index (χ3v) is 15.2. The van der Waals surface area contributed by atoms with Crippen molar-refractivity contribution in [3.05, 3.63) is 23.9 Å². The lowest BCUT2D eigenvalue weighted by atomic mass is 9.85. The van der Waals surface area contributed by atoms with Gasteiger partial charge in [-0.05, 0) is 87.7 Å². The third kappa shape index (κ3) is 9.00. The van der Waals surface area contributed by atoms with Gasteiger partial charge in [-0.1, -0.05) is 40.5 Å². The smallest absolute Gasteiger partial charge is 0.408 e. The zero-order chi connectivity index (χ0) is 42.4. The van der Waals surface area contributed by atoms with Crippen LogP contribution < -0.4 is 20.1 Å². The predicted octanol–water partition coefficient (Wildman–Crippen LogP) is 5.34. The van der Waals surface area contributed by atoms with E-state index in [2.05, 4.69) is 10.6 Å². The number of ketones is 1. The topological polar surface area (TPSA) is 183 Å². The van der Waals surface area contributed by atoms with Crippen molar-refractivity contribution in [2.45, 2.75) is 146 Å². The Labute approximate surface area is 344 Å². The van der Waals surface area contributed by atoms with E-state index in [4.69, 9.17) is 24.2 Å². The molecule has 0 unspecified atom stereocenters. The average Bonchev–Trinajstić information content (AvgIpc) is 4.09. The Bertz CT molecular complexity index is 2060. The molecule has 14 nitrogen and oxygen atoms in total. The Morgan fingerprint density at radius 2 is 1.76 bits per heavy atom. The molecule has 3 aliphatic carbocycles. The van der Waals surface area contributed by atoms with Gasteiger partial charge >= 0.3 is 6.09 Å². The van der Waals surface area contributed by atoms with E-state index in [0.717, 1.165) is 38.5 Å². The number of alkyl halides is 2. The van der Waals surface area contributed by atoms with E-state index >= 15 is 0 Å². The molecule has 4 fully saturated rings. The van der Waals surface area contributed by atoms with Crippen molar-refractivity contribution in [2.75, 3.05) is 19.4 Å². The Morgan fingerprint density at radius 1 is 1.02 bits per heavy atom. The van der Waals surface area contributed by atoms with Gasteiger partial charge in [0.1, 0.15) is 47.0 Å². The molecule has 2 aliphatic heterocycles. The highest BCUT2D eigenvalue weighted by atomic mass is 32.2. The second-order valence-electron chi connectivity index (χ2n) is 18.2. The lowest BCUT2D eigenvalue weighted by molar-refractivity contribution is -0.143. The van der Waals surface area contributed by atoms with Gasteiger partial charge in [-0.3, -0.25) is 14.4 Å². The van der Waals surface area contributed by atoms with E-state index in [1.807, 2.05) is 6.07 Å². The molecule has 8 atom stereocenters. The molecule has 3 saturated carbocycles. The Hall–Kier alpha value is -4.15. The maximum atomic E-state index is 15.0. The number of sulfone groups is 1. The molecule has 59 heavy (non-hydrogen) atoms. The van der Waals surface area contributed by atoms with Crippen molar-refractivity contribution in [1.29, 1.82) is 0 Å². The minimum Gasteiger partial charge on any atom is -0.497 e. The molecular weight excluding hydrogens is 789 g/mol. The molecule has 2 aromatic rings. The highest BCUT2D eigenvalue weighted by Gasteiger charge is 2.66. The van der Waals surface area contributed by atoms with E-state index in [0.29, 0.717) is 48.2 Å². The standard InChI is InChI=1S/C42H57F2N5O9S/c1-6-26-32-21-49(34(26)37(51)48-42(20-27(42)36(43)44)33(50)22-59(54,55)25-16-17-25)39(52)35(41(2,3)4)47-40(53)58-31-14-10-12-23(31)11-8-7-9-13-29-38(57-32)46-30-19-24(56-5)15-18-28(30)45-29/h15,18-19,23,25-27,31-32,34-36H,6-14,16-17,20-22H2,1-5H3,(H,47,53)(H,48,51)/t23-,26-,27+,31-,32+,34+,35-,42-/m1/s1. The summed E-state index contributed by atoms with van der Waals surface area (Å²) < 4.78 is 72.7. The maximum Gasteiger partial charge on any atom is 0.408 e. The summed E-state index contributed by atoms with van der Waals surface area (Å²) in [7, 11) is -2.35. The van der Waals surface area contributed by atoms with Gasteiger partial charge < -0.3 is 29.7 Å². The van der Waals surface area contributed by atoms with Crippen LogP contribution in [0.3, 0.4) is 0 Å². The number of hydrogen-bond donors (Lipinski definition) is 2. The molecule has 2 bridgehead atoms. The van der Waals surface area contributed by atoms with Gasteiger partial charge in [0.15, 0.2) is 15.6 Å². The molecule has 7 rings (SSSR count). The Kier molecular flexibility index (Phi) is 12.2. The molecule has 0 spiro atoms. The van der Waals surface area contributed by atoms with E-state index in [9.17, 15) is 36.4 Å². The minimum absolute atomic E-state index is 0.157. The molecule has 3 heterocycles. The quantitative estimate of drug-likeness (QED) is 0.333. The second-order valence-corrected chi connectivity index (χ2v) is 20.5. The van der Waals surface area contributed by atoms with Crippen LogP contribution in [0.25, 0.3) is 11.0 Å². The van der Waals surface area contributed by atoms with Crippen LogP contribution in [0.5, 0.6) is 11.6 Å². The summed E-state index contributed by atoms with van der Waals surface area (Å²) >= 11 is 0. The van der Waals surface area contributed by atoms with Crippen molar-refractivity contribution in [3.8, 4) is 11.6 Å². The van der Waals surface area contributed by atoms with Crippen LogP contribution in [-0.2, 0) is 35.4 Å². The molecule has 1 aromatic heterocycles. The number of hydrogen-bond acceptors (Lipinski definition) is 11. The van der Waals surface area contributed by atoms with E-state index < -0.39 is 98.4 Å². The number of Topliss-reactive ketones (excluding diaryl/α,β-unsaturated/α-hetero) is 1. The van der Waals surface area contributed by atoms with Gasteiger partial charge in [-0.25, -0.2) is 32.0 Å². The first-order valence-electron chi connectivity index (χ1n) is 21.1. The number of nitrogens with one attached hydrogen (secondary N) is 2.